The molecule has 0 aliphatic carbocycles. The Balaban J connectivity index is 1.99. The number of rotatable bonds is 9. The summed E-state index contributed by atoms with van der Waals surface area (Å²) in [4.78, 5) is 1.42. The van der Waals surface area contributed by atoms with Gasteiger partial charge >= 0.3 is 0 Å². The van der Waals surface area contributed by atoms with Gasteiger partial charge in [-0.2, -0.15) is 0 Å². The molecule has 0 atom stereocenters. The molecule has 0 radical (unpaired) electrons. The van der Waals surface area contributed by atoms with Crippen molar-refractivity contribution in [3.05, 3.63) is 29.8 Å². The zero-order valence-corrected chi connectivity index (χ0v) is 11.7. The van der Waals surface area contributed by atoms with E-state index >= 15 is 0 Å². The van der Waals surface area contributed by atoms with Crippen LogP contribution in [0.5, 0.6) is 0 Å². The first-order valence-electron chi connectivity index (χ1n) is 6.22. The fourth-order valence-electron chi connectivity index (χ4n) is 1.55. The molecule has 0 saturated carbocycles. The van der Waals surface area contributed by atoms with Crippen molar-refractivity contribution in [1.82, 2.24) is 5.32 Å². The second-order valence-electron chi connectivity index (χ2n) is 4.06. The van der Waals surface area contributed by atoms with Crippen LogP contribution in [0.25, 0.3) is 0 Å². The summed E-state index contributed by atoms with van der Waals surface area (Å²) in [5, 5.41) is 3.36. The second-order valence-corrected chi connectivity index (χ2v) is 5.20. The van der Waals surface area contributed by atoms with Crippen LogP contribution in [0, 0.1) is 6.92 Å². The maximum Gasteiger partial charge on any atom is 0.0587 e. The summed E-state index contributed by atoms with van der Waals surface area (Å²) >= 11 is 1.96. The molecule has 0 aliphatic rings. The Labute approximate surface area is 109 Å². The minimum absolute atomic E-state index is 0.804. The first-order valence-corrected chi connectivity index (χ1v) is 7.21. The highest BCUT2D eigenvalue weighted by Crippen LogP contribution is 2.22. The van der Waals surface area contributed by atoms with Gasteiger partial charge in [0.1, 0.15) is 0 Å². The average Bonchev–Trinajstić information content (AvgIpc) is 2.35. The van der Waals surface area contributed by atoms with Crippen LogP contribution in [-0.2, 0) is 4.74 Å². The molecule has 1 aromatic rings. The summed E-state index contributed by atoms with van der Waals surface area (Å²) in [6.45, 7) is 5.03. The van der Waals surface area contributed by atoms with Gasteiger partial charge in [-0.25, -0.2) is 0 Å². The normalized spacial score (nSPS) is 10.7. The molecule has 0 amide bonds. The average molecular weight is 253 g/mol. The highest BCUT2D eigenvalue weighted by atomic mass is 32.2. The lowest BCUT2D eigenvalue weighted by Crippen LogP contribution is -2.20. The summed E-state index contributed by atoms with van der Waals surface area (Å²) in [7, 11) is 1.74. The van der Waals surface area contributed by atoms with Gasteiger partial charge in [-0.1, -0.05) is 18.2 Å². The monoisotopic (exact) mass is 253 g/mol. The first kappa shape index (κ1) is 14.6. The van der Waals surface area contributed by atoms with Crippen molar-refractivity contribution in [2.45, 2.75) is 24.7 Å². The zero-order chi connectivity index (χ0) is 12.3. The van der Waals surface area contributed by atoms with E-state index in [4.69, 9.17) is 4.74 Å². The van der Waals surface area contributed by atoms with Crippen LogP contribution in [0.15, 0.2) is 29.2 Å². The fourth-order valence-corrected chi connectivity index (χ4v) is 2.59. The number of methoxy groups -OCH3 is 1. The standard InChI is InChI=1S/C14H23NOS/c1-13-7-3-4-8-14(13)17-12-6-5-9-15-10-11-16-2/h3-4,7-8,15H,5-6,9-12H2,1-2H3. The third kappa shape index (κ3) is 6.71. The molecule has 2 nitrogen and oxygen atoms in total. The van der Waals surface area contributed by atoms with E-state index in [2.05, 4.69) is 36.5 Å². The van der Waals surface area contributed by atoms with Gasteiger partial charge in [0, 0.05) is 18.6 Å². The van der Waals surface area contributed by atoms with Crippen molar-refractivity contribution in [3.63, 3.8) is 0 Å². The van der Waals surface area contributed by atoms with Gasteiger partial charge in [-0.15, -0.1) is 11.8 Å². The molecule has 17 heavy (non-hydrogen) atoms. The largest absolute Gasteiger partial charge is 0.383 e. The van der Waals surface area contributed by atoms with Crippen molar-refractivity contribution in [1.29, 1.82) is 0 Å². The van der Waals surface area contributed by atoms with Crippen LogP contribution >= 0.6 is 11.8 Å². The van der Waals surface area contributed by atoms with Crippen molar-refractivity contribution >= 4 is 11.8 Å². The topological polar surface area (TPSA) is 21.3 Å². The van der Waals surface area contributed by atoms with Crippen molar-refractivity contribution in [3.8, 4) is 0 Å². The van der Waals surface area contributed by atoms with Gasteiger partial charge in [0.15, 0.2) is 0 Å². The van der Waals surface area contributed by atoms with Crippen molar-refractivity contribution in [2.75, 3.05) is 32.6 Å². The van der Waals surface area contributed by atoms with Gasteiger partial charge in [-0.05, 0) is 43.7 Å². The zero-order valence-electron chi connectivity index (χ0n) is 10.9. The predicted octanol–water partition coefficient (Wildman–Crippen LogP) is 3.10. The maximum atomic E-state index is 4.97. The first-order chi connectivity index (χ1) is 8.34. The lowest BCUT2D eigenvalue weighted by molar-refractivity contribution is 0.199. The highest BCUT2D eigenvalue weighted by molar-refractivity contribution is 7.99. The van der Waals surface area contributed by atoms with Crippen LogP contribution in [0.4, 0.5) is 0 Å². The Morgan fingerprint density at radius 2 is 2.00 bits per heavy atom. The molecule has 0 fully saturated rings. The minimum Gasteiger partial charge on any atom is -0.383 e. The van der Waals surface area contributed by atoms with E-state index in [1.807, 2.05) is 11.8 Å². The molecule has 0 aliphatic heterocycles. The van der Waals surface area contributed by atoms with Crippen LogP contribution in [0.3, 0.4) is 0 Å². The van der Waals surface area contributed by atoms with Gasteiger partial charge in [0.2, 0.25) is 0 Å². The van der Waals surface area contributed by atoms with Crippen LogP contribution < -0.4 is 5.32 Å². The van der Waals surface area contributed by atoms with E-state index in [0.717, 1.165) is 19.7 Å². The lowest BCUT2D eigenvalue weighted by Gasteiger charge is -2.06. The minimum atomic E-state index is 0.804. The highest BCUT2D eigenvalue weighted by Gasteiger charge is 1.97. The summed E-state index contributed by atoms with van der Waals surface area (Å²) < 4.78 is 4.97. The summed E-state index contributed by atoms with van der Waals surface area (Å²) in [5.74, 6) is 1.21. The molecule has 0 aromatic heterocycles. The number of hydrogen-bond donors (Lipinski definition) is 1. The van der Waals surface area contributed by atoms with Crippen molar-refractivity contribution in [2.24, 2.45) is 0 Å². The number of aryl methyl sites for hydroxylation is 1. The van der Waals surface area contributed by atoms with Gasteiger partial charge in [0.25, 0.3) is 0 Å². The summed E-state index contributed by atoms with van der Waals surface area (Å²) in [6.07, 6.45) is 2.50. The fraction of sp³-hybridized carbons (Fsp3) is 0.571. The van der Waals surface area contributed by atoms with Crippen LogP contribution in [0.2, 0.25) is 0 Å². The third-order valence-corrected chi connectivity index (χ3v) is 3.84. The Hall–Kier alpha value is -0.510. The van der Waals surface area contributed by atoms with Crippen molar-refractivity contribution < 1.29 is 4.74 Å². The SMILES string of the molecule is COCCNCCCCSc1ccccc1C. The third-order valence-electron chi connectivity index (χ3n) is 2.58. The van der Waals surface area contributed by atoms with E-state index in [1.54, 1.807) is 7.11 Å². The number of nitrogens with one attached hydrogen (secondary N) is 1. The van der Waals surface area contributed by atoms with Gasteiger partial charge < -0.3 is 10.1 Å². The van der Waals surface area contributed by atoms with Crippen LogP contribution in [0.1, 0.15) is 18.4 Å². The molecule has 1 N–H and O–H groups in total. The molecular formula is C14H23NOS. The molecule has 96 valence electrons. The number of unbranched alkanes of at least 4 members (excludes halogenated alkanes) is 1. The molecule has 0 unspecified atom stereocenters. The molecule has 3 heteroatoms. The summed E-state index contributed by atoms with van der Waals surface area (Å²) in [6, 6.07) is 8.59. The molecule has 1 aromatic carbocycles. The molecule has 0 bridgehead atoms. The Bertz CT molecular complexity index is 304. The number of benzene rings is 1. The van der Waals surface area contributed by atoms with E-state index in [0.29, 0.717) is 0 Å². The van der Waals surface area contributed by atoms with Crippen LogP contribution in [-0.4, -0.2) is 32.6 Å². The van der Waals surface area contributed by atoms with E-state index < -0.39 is 0 Å². The molecule has 1 rings (SSSR count). The number of thioether (sulfide) groups is 1. The van der Waals surface area contributed by atoms with E-state index in [9.17, 15) is 0 Å². The summed E-state index contributed by atoms with van der Waals surface area (Å²) in [5.41, 5.74) is 1.38. The van der Waals surface area contributed by atoms with E-state index in [-0.39, 0.29) is 0 Å². The van der Waals surface area contributed by atoms with Gasteiger partial charge in [0.05, 0.1) is 6.61 Å². The van der Waals surface area contributed by atoms with E-state index in [1.165, 1.54) is 29.1 Å². The molecular weight excluding hydrogens is 230 g/mol. The maximum absolute atomic E-state index is 4.97. The molecule has 0 saturated heterocycles. The molecule has 0 spiro atoms. The Kier molecular flexibility index (Phi) is 8.14. The Morgan fingerprint density at radius 3 is 2.76 bits per heavy atom. The molecule has 0 heterocycles. The second kappa shape index (κ2) is 9.51. The lowest BCUT2D eigenvalue weighted by atomic mass is 10.2. The number of hydrogen-bond acceptors (Lipinski definition) is 3. The smallest absolute Gasteiger partial charge is 0.0587 e. The number of ether oxygens (including phenoxy) is 1. The quantitative estimate of drug-likeness (QED) is 0.540. The Morgan fingerprint density at radius 1 is 1.18 bits per heavy atom. The predicted molar refractivity (Wildman–Crippen MR) is 75.9 cm³/mol. The van der Waals surface area contributed by atoms with Gasteiger partial charge in [-0.3, -0.25) is 0 Å².